The predicted octanol–water partition coefficient (Wildman–Crippen LogP) is 4.78. The lowest BCUT2D eigenvalue weighted by atomic mass is 10.1. The number of halogens is 2. The summed E-state index contributed by atoms with van der Waals surface area (Å²) in [6, 6.07) is 12.9. The van der Waals surface area contributed by atoms with Crippen molar-refractivity contribution < 1.29 is 0 Å². The summed E-state index contributed by atoms with van der Waals surface area (Å²) in [4.78, 5) is 0. The molecule has 0 nitrogen and oxygen atoms in total. The Hall–Kier alpha value is -0.600. The van der Waals surface area contributed by atoms with Crippen molar-refractivity contribution in [1.82, 2.24) is 0 Å². The summed E-state index contributed by atoms with van der Waals surface area (Å²) in [5.74, 6) is 0. The van der Waals surface area contributed by atoms with Gasteiger partial charge in [0.15, 0.2) is 0 Å². The summed E-state index contributed by atoms with van der Waals surface area (Å²) in [5.41, 5.74) is 5.55. The number of hydrogen-bond acceptors (Lipinski definition) is 0. The van der Waals surface area contributed by atoms with E-state index < -0.39 is 0 Å². The van der Waals surface area contributed by atoms with Crippen molar-refractivity contribution in [3.8, 4) is 11.1 Å². The third kappa shape index (κ3) is 1.47. The Kier molecular flexibility index (Phi) is 2.22. The van der Waals surface area contributed by atoms with E-state index >= 15 is 0 Å². The molecule has 15 heavy (non-hydrogen) atoms. The zero-order valence-corrected chi connectivity index (χ0v) is 11.1. The van der Waals surface area contributed by atoms with Gasteiger partial charge >= 0.3 is 0 Å². The second-order valence-corrected chi connectivity index (χ2v) is 5.52. The molecule has 3 rings (SSSR count). The first-order valence-electron chi connectivity index (χ1n) is 4.82. The van der Waals surface area contributed by atoms with Crippen molar-refractivity contribution >= 4 is 31.9 Å². The Morgan fingerprint density at radius 1 is 0.933 bits per heavy atom. The maximum absolute atomic E-state index is 3.63. The Balaban J connectivity index is 2.33. The molecule has 0 N–H and O–H groups in total. The van der Waals surface area contributed by atoms with Crippen molar-refractivity contribution in [1.29, 1.82) is 0 Å². The highest BCUT2D eigenvalue weighted by molar-refractivity contribution is 9.11. The molecule has 0 aliphatic heterocycles. The van der Waals surface area contributed by atoms with E-state index in [0.717, 1.165) is 10.9 Å². The molecule has 0 saturated heterocycles. The number of benzene rings is 2. The van der Waals surface area contributed by atoms with E-state index in [0.29, 0.717) is 0 Å². The minimum absolute atomic E-state index is 1.04. The van der Waals surface area contributed by atoms with Gasteiger partial charge in [0.05, 0.1) is 0 Å². The first-order chi connectivity index (χ1) is 7.25. The van der Waals surface area contributed by atoms with Crippen LogP contribution in [0, 0.1) is 0 Å². The molecule has 1 aliphatic carbocycles. The van der Waals surface area contributed by atoms with Crippen LogP contribution in [0.3, 0.4) is 0 Å². The van der Waals surface area contributed by atoms with Gasteiger partial charge in [-0.3, -0.25) is 0 Å². The van der Waals surface area contributed by atoms with Gasteiger partial charge in [-0.1, -0.05) is 56.1 Å². The SMILES string of the molecule is Brc1cc(Br)c2c(c1)-c1ccccc1C2. The van der Waals surface area contributed by atoms with E-state index in [1.165, 1.54) is 26.7 Å². The fraction of sp³-hybridized carbons (Fsp3) is 0.0769. The Morgan fingerprint density at radius 3 is 2.60 bits per heavy atom. The van der Waals surface area contributed by atoms with E-state index in [1.54, 1.807) is 0 Å². The second kappa shape index (κ2) is 3.46. The third-order valence-electron chi connectivity index (χ3n) is 2.84. The number of hydrogen-bond donors (Lipinski definition) is 0. The third-order valence-corrected chi connectivity index (χ3v) is 4.00. The zero-order valence-electron chi connectivity index (χ0n) is 7.93. The Labute approximate surface area is 106 Å². The molecule has 2 aromatic carbocycles. The number of fused-ring (bicyclic) bond motifs is 3. The monoisotopic (exact) mass is 322 g/mol. The van der Waals surface area contributed by atoms with Crippen LogP contribution in [0.5, 0.6) is 0 Å². The van der Waals surface area contributed by atoms with Gasteiger partial charge in [0.25, 0.3) is 0 Å². The molecular weight excluding hydrogens is 316 g/mol. The summed E-state index contributed by atoms with van der Waals surface area (Å²) in [7, 11) is 0. The molecular formula is C13H8Br2. The smallest absolute Gasteiger partial charge is 0.0228 e. The molecule has 0 atom stereocenters. The van der Waals surface area contributed by atoms with Gasteiger partial charge < -0.3 is 0 Å². The van der Waals surface area contributed by atoms with E-state index in [-0.39, 0.29) is 0 Å². The molecule has 1 aliphatic rings. The van der Waals surface area contributed by atoms with Gasteiger partial charge in [-0.2, -0.15) is 0 Å². The molecule has 0 amide bonds. The van der Waals surface area contributed by atoms with Crippen LogP contribution in [0.1, 0.15) is 11.1 Å². The summed E-state index contributed by atoms with van der Waals surface area (Å²) in [6.45, 7) is 0. The summed E-state index contributed by atoms with van der Waals surface area (Å²) < 4.78 is 2.33. The highest BCUT2D eigenvalue weighted by Gasteiger charge is 2.20. The van der Waals surface area contributed by atoms with Crippen LogP contribution >= 0.6 is 31.9 Å². The summed E-state index contributed by atoms with van der Waals surface area (Å²) >= 11 is 7.16. The minimum atomic E-state index is 1.04. The quantitative estimate of drug-likeness (QED) is 0.558. The van der Waals surface area contributed by atoms with Crippen LogP contribution in [-0.2, 0) is 6.42 Å². The molecule has 2 heteroatoms. The second-order valence-electron chi connectivity index (χ2n) is 3.75. The summed E-state index contributed by atoms with van der Waals surface area (Å²) in [5, 5.41) is 0. The molecule has 0 saturated carbocycles. The van der Waals surface area contributed by atoms with Crippen LogP contribution in [0.4, 0.5) is 0 Å². The van der Waals surface area contributed by atoms with Crippen LogP contribution in [-0.4, -0.2) is 0 Å². The Bertz CT molecular complexity index is 544. The molecule has 0 unspecified atom stereocenters. The highest BCUT2D eigenvalue weighted by Crippen LogP contribution is 2.41. The summed E-state index contributed by atoms with van der Waals surface area (Å²) in [6.07, 6.45) is 1.04. The molecule has 0 aromatic heterocycles. The first kappa shape index (κ1) is 9.61. The van der Waals surface area contributed by atoms with Crippen LogP contribution < -0.4 is 0 Å². The fourth-order valence-corrected chi connectivity index (χ4v) is 3.52. The maximum atomic E-state index is 3.63. The van der Waals surface area contributed by atoms with E-state index in [4.69, 9.17) is 0 Å². The fourth-order valence-electron chi connectivity index (χ4n) is 2.15. The topological polar surface area (TPSA) is 0 Å². The average molecular weight is 324 g/mol. The zero-order chi connectivity index (χ0) is 10.4. The van der Waals surface area contributed by atoms with Gasteiger partial charge in [0.1, 0.15) is 0 Å². The van der Waals surface area contributed by atoms with Crippen molar-refractivity contribution in [2.24, 2.45) is 0 Å². The lowest BCUT2D eigenvalue weighted by molar-refractivity contribution is 1.24. The standard InChI is InChI=1S/C13H8Br2/c14-9-6-11-10-4-2-1-3-8(10)5-12(11)13(15)7-9/h1-4,6-7H,5H2. The van der Waals surface area contributed by atoms with Crippen molar-refractivity contribution in [3.63, 3.8) is 0 Å². The van der Waals surface area contributed by atoms with E-state index in [2.05, 4.69) is 68.3 Å². The van der Waals surface area contributed by atoms with Crippen molar-refractivity contribution in [2.45, 2.75) is 6.42 Å². The van der Waals surface area contributed by atoms with Gasteiger partial charge in [-0.05, 0) is 40.8 Å². The molecule has 0 spiro atoms. The van der Waals surface area contributed by atoms with Gasteiger partial charge in [-0.25, -0.2) is 0 Å². The van der Waals surface area contributed by atoms with Gasteiger partial charge in [-0.15, -0.1) is 0 Å². The molecule has 0 heterocycles. The van der Waals surface area contributed by atoms with Crippen LogP contribution in [0.25, 0.3) is 11.1 Å². The molecule has 0 fully saturated rings. The number of rotatable bonds is 0. The molecule has 0 radical (unpaired) electrons. The first-order valence-corrected chi connectivity index (χ1v) is 6.40. The van der Waals surface area contributed by atoms with Crippen molar-refractivity contribution in [3.05, 3.63) is 56.5 Å². The lowest BCUT2D eigenvalue weighted by Gasteiger charge is -2.03. The van der Waals surface area contributed by atoms with E-state index in [1.807, 2.05) is 0 Å². The highest BCUT2D eigenvalue weighted by atomic mass is 79.9. The molecule has 2 aromatic rings. The van der Waals surface area contributed by atoms with Crippen molar-refractivity contribution in [2.75, 3.05) is 0 Å². The predicted molar refractivity (Wildman–Crippen MR) is 70.1 cm³/mol. The Morgan fingerprint density at radius 2 is 1.73 bits per heavy atom. The average Bonchev–Trinajstić information content (AvgIpc) is 2.57. The maximum Gasteiger partial charge on any atom is 0.0228 e. The molecule has 0 bridgehead atoms. The van der Waals surface area contributed by atoms with Crippen LogP contribution in [0.15, 0.2) is 45.3 Å². The van der Waals surface area contributed by atoms with Crippen LogP contribution in [0.2, 0.25) is 0 Å². The van der Waals surface area contributed by atoms with E-state index in [9.17, 15) is 0 Å². The lowest BCUT2D eigenvalue weighted by Crippen LogP contribution is -1.82. The minimum Gasteiger partial charge on any atom is -0.0619 e. The largest absolute Gasteiger partial charge is 0.0619 e. The normalized spacial score (nSPS) is 12.4. The van der Waals surface area contributed by atoms with Gasteiger partial charge in [0.2, 0.25) is 0 Å². The molecule has 74 valence electrons. The van der Waals surface area contributed by atoms with Gasteiger partial charge in [0, 0.05) is 8.95 Å².